The van der Waals surface area contributed by atoms with Gasteiger partial charge in [-0.25, -0.2) is 8.78 Å². The Morgan fingerprint density at radius 1 is 1.24 bits per heavy atom. The molecule has 2 rings (SSSR count). The van der Waals surface area contributed by atoms with Gasteiger partial charge in [0.05, 0.1) is 6.20 Å². The molecule has 1 atom stereocenters. The summed E-state index contributed by atoms with van der Waals surface area (Å²) in [4.78, 5) is 0. The second-order valence-electron chi connectivity index (χ2n) is 5.42. The van der Waals surface area contributed by atoms with E-state index in [1.165, 1.54) is 17.7 Å². The number of rotatable bonds is 6. The van der Waals surface area contributed by atoms with E-state index in [1.54, 1.807) is 6.92 Å². The fraction of sp³-hybridized carbons (Fsp3) is 0.438. The number of nitrogens with zero attached hydrogens (tertiary/aromatic N) is 1. The lowest BCUT2D eigenvalue weighted by atomic mass is 10.0. The van der Waals surface area contributed by atoms with Crippen LogP contribution in [-0.4, -0.2) is 16.7 Å². The molecule has 2 N–H and O–H groups in total. The van der Waals surface area contributed by atoms with E-state index < -0.39 is 0 Å². The summed E-state index contributed by atoms with van der Waals surface area (Å²) in [6.07, 6.45) is 3.65. The molecule has 2 aromatic rings. The van der Waals surface area contributed by atoms with Crippen LogP contribution in [0.2, 0.25) is 0 Å². The number of hydrogen-bond donors (Lipinski definition) is 2. The van der Waals surface area contributed by atoms with E-state index >= 15 is 0 Å². The molecule has 1 unspecified atom stereocenters. The number of halogens is 2. The third-order valence-electron chi connectivity index (χ3n) is 3.75. The second-order valence-corrected chi connectivity index (χ2v) is 5.42. The summed E-state index contributed by atoms with van der Waals surface area (Å²) in [5, 5.41) is 10.1. The first-order chi connectivity index (χ1) is 9.99. The SMILES string of the molecule is Cc1cc(F)c(C(C)NCCCc2cn[nH]c2C)cc1F. The third-order valence-corrected chi connectivity index (χ3v) is 3.75. The highest BCUT2D eigenvalue weighted by Gasteiger charge is 2.13. The Kier molecular flexibility index (Phi) is 5.07. The van der Waals surface area contributed by atoms with Crippen LogP contribution in [0.3, 0.4) is 0 Å². The molecule has 114 valence electrons. The van der Waals surface area contributed by atoms with Gasteiger partial charge >= 0.3 is 0 Å². The highest BCUT2D eigenvalue weighted by atomic mass is 19.1. The zero-order valence-corrected chi connectivity index (χ0v) is 12.6. The number of aromatic nitrogens is 2. The van der Waals surface area contributed by atoms with Gasteiger partial charge < -0.3 is 5.32 Å². The van der Waals surface area contributed by atoms with Gasteiger partial charge in [-0.05, 0) is 63.4 Å². The Morgan fingerprint density at radius 2 is 2.00 bits per heavy atom. The van der Waals surface area contributed by atoms with Crippen LogP contribution in [0.15, 0.2) is 18.3 Å². The zero-order chi connectivity index (χ0) is 15.4. The second kappa shape index (κ2) is 6.80. The minimum atomic E-state index is -0.367. The molecule has 0 aliphatic carbocycles. The standard InChI is InChI=1S/C16H21F2N3/c1-10-7-16(18)14(8-15(10)17)12(3)19-6-4-5-13-9-20-21-11(13)2/h7-9,12,19H,4-6H2,1-3H3,(H,20,21). The minimum Gasteiger partial charge on any atom is -0.310 e. The molecule has 0 saturated carbocycles. The van der Waals surface area contributed by atoms with E-state index in [1.807, 2.05) is 20.0 Å². The molecule has 0 saturated heterocycles. The van der Waals surface area contributed by atoms with Gasteiger partial charge in [0.25, 0.3) is 0 Å². The Hall–Kier alpha value is -1.75. The van der Waals surface area contributed by atoms with Gasteiger partial charge in [-0.2, -0.15) is 5.10 Å². The highest BCUT2D eigenvalue weighted by molar-refractivity contribution is 5.27. The van der Waals surface area contributed by atoms with E-state index in [4.69, 9.17) is 0 Å². The number of aromatic amines is 1. The predicted octanol–water partition coefficient (Wildman–Crippen LogP) is 3.59. The summed E-state index contributed by atoms with van der Waals surface area (Å²) >= 11 is 0. The van der Waals surface area contributed by atoms with Crippen molar-refractivity contribution in [3.63, 3.8) is 0 Å². The Morgan fingerprint density at radius 3 is 2.67 bits per heavy atom. The Balaban J connectivity index is 1.86. The fourth-order valence-electron chi connectivity index (χ4n) is 2.33. The molecule has 0 radical (unpaired) electrons. The normalized spacial score (nSPS) is 12.6. The molecule has 0 spiro atoms. The fourth-order valence-corrected chi connectivity index (χ4v) is 2.33. The van der Waals surface area contributed by atoms with Gasteiger partial charge in [0.2, 0.25) is 0 Å². The molecule has 3 nitrogen and oxygen atoms in total. The van der Waals surface area contributed by atoms with Crippen LogP contribution in [-0.2, 0) is 6.42 Å². The van der Waals surface area contributed by atoms with Gasteiger partial charge in [0.15, 0.2) is 0 Å². The van der Waals surface area contributed by atoms with Crippen molar-refractivity contribution in [1.82, 2.24) is 15.5 Å². The molecule has 1 aromatic heterocycles. The van der Waals surface area contributed by atoms with E-state index in [9.17, 15) is 8.78 Å². The molecular weight excluding hydrogens is 272 g/mol. The average Bonchev–Trinajstić information content (AvgIpc) is 2.84. The van der Waals surface area contributed by atoms with E-state index in [2.05, 4.69) is 15.5 Å². The molecule has 0 bridgehead atoms. The average molecular weight is 293 g/mol. The van der Waals surface area contributed by atoms with Crippen molar-refractivity contribution in [2.45, 2.75) is 39.7 Å². The van der Waals surface area contributed by atoms with E-state index in [-0.39, 0.29) is 17.7 Å². The van der Waals surface area contributed by atoms with Crippen molar-refractivity contribution in [3.05, 3.63) is 52.3 Å². The van der Waals surface area contributed by atoms with Gasteiger partial charge in [-0.15, -0.1) is 0 Å². The van der Waals surface area contributed by atoms with Crippen LogP contribution >= 0.6 is 0 Å². The van der Waals surface area contributed by atoms with Gasteiger partial charge in [-0.3, -0.25) is 5.10 Å². The first-order valence-corrected chi connectivity index (χ1v) is 7.16. The zero-order valence-electron chi connectivity index (χ0n) is 12.6. The van der Waals surface area contributed by atoms with Gasteiger partial charge in [0, 0.05) is 17.3 Å². The van der Waals surface area contributed by atoms with E-state index in [0.29, 0.717) is 11.1 Å². The summed E-state index contributed by atoms with van der Waals surface area (Å²) in [6.45, 7) is 6.13. The maximum atomic E-state index is 13.8. The lowest BCUT2D eigenvalue weighted by molar-refractivity contribution is 0.511. The molecule has 0 aliphatic heterocycles. The third kappa shape index (κ3) is 3.88. The molecule has 0 amide bonds. The van der Waals surface area contributed by atoms with Crippen LogP contribution in [0.4, 0.5) is 8.78 Å². The number of aryl methyl sites for hydroxylation is 3. The van der Waals surface area contributed by atoms with Crippen molar-refractivity contribution in [2.75, 3.05) is 6.54 Å². The lowest BCUT2D eigenvalue weighted by Crippen LogP contribution is -2.21. The lowest BCUT2D eigenvalue weighted by Gasteiger charge is -2.15. The number of benzene rings is 1. The number of H-pyrrole nitrogens is 1. The van der Waals surface area contributed by atoms with Crippen molar-refractivity contribution < 1.29 is 8.78 Å². The van der Waals surface area contributed by atoms with Crippen LogP contribution in [0.5, 0.6) is 0 Å². The summed E-state index contributed by atoms with van der Waals surface area (Å²) in [6, 6.07) is 2.31. The smallest absolute Gasteiger partial charge is 0.128 e. The molecule has 0 fully saturated rings. The monoisotopic (exact) mass is 293 g/mol. The largest absolute Gasteiger partial charge is 0.310 e. The topological polar surface area (TPSA) is 40.7 Å². The first-order valence-electron chi connectivity index (χ1n) is 7.16. The highest BCUT2D eigenvalue weighted by Crippen LogP contribution is 2.20. The quantitative estimate of drug-likeness (QED) is 0.799. The molecule has 21 heavy (non-hydrogen) atoms. The molecule has 5 heteroatoms. The summed E-state index contributed by atoms with van der Waals surface area (Å²) in [7, 11) is 0. The van der Waals surface area contributed by atoms with Crippen LogP contribution in [0, 0.1) is 25.5 Å². The van der Waals surface area contributed by atoms with Crippen molar-refractivity contribution >= 4 is 0 Å². The molecule has 0 aliphatic rings. The molecule has 1 aromatic carbocycles. The summed E-state index contributed by atoms with van der Waals surface area (Å²) in [5.41, 5.74) is 2.98. The maximum Gasteiger partial charge on any atom is 0.128 e. The summed E-state index contributed by atoms with van der Waals surface area (Å²) in [5.74, 6) is -0.728. The number of hydrogen-bond acceptors (Lipinski definition) is 2. The predicted molar refractivity (Wildman–Crippen MR) is 79.2 cm³/mol. The van der Waals surface area contributed by atoms with Crippen LogP contribution in [0.25, 0.3) is 0 Å². The van der Waals surface area contributed by atoms with E-state index in [0.717, 1.165) is 25.1 Å². The van der Waals surface area contributed by atoms with Crippen LogP contribution in [0.1, 0.15) is 41.8 Å². The minimum absolute atomic E-state index is 0.217. The van der Waals surface area contributed by atoms with Crippen LogP contribution < -0.4 is 5.32 Å². The van der Waals surface area contributed by atoms with Crippen molar-refractivity contribution in [3.8, 4) is 0 Å². The summed E-state index contributed by atoms with van der Waals surface area (Å²) < 4.78 is 27.4. The van der Waals surface area contributed by atoms with Gasteiger partial charge in [0.1, 0.15) is 11.6 Å². The Bertz CT molecular complexity index is 608. The van der Waals surface area contributed by atoms with Crippen molar-refractivity contribution in [2.24, 2.45) is 0 Å². The van der Waals surface area contributed by atoms with Crippen molar-refractivity contribution in [1.29, 1.82) is 0 Å². The molecule has 1 heterocycles. The number of nitrogens with one attached hydrogen (secondary N) is 2. The first kappa shape index (κ1) is 15.6. The van der Waals surface area contributed by atoms with Gasteiger partial charge in [-0.1, -0.05) is 0 Å². The Labute approximate surface area is 123 Å². The molecular formula is C16H21F2N3. The maximum absolute atomic E-state index is 13.8.